The second kappa shape index (κ2) is 8.56. The van der Waals surface area contributed by atoms with Crippen LogP contribution in [0.5, 0.6) is 0 Å². The topological polar surface area (TPSA) is 70.8 Å². The highest BCUT2D eigenvalue weighted by Crippen LogP contribution is 2.19. The molecule has 27 heavy (non-hydrogen) atoms. The van der Waals surface area contributed by atoms with Crippen LogP contribution in [0.3, 0.4) is 0 Å². The lowest BCUT2D eigenvalue weighted by Crippen LogP contribution is -2.53. The first-order valence-corrected chi connectivity index (χ1v) is 10.4. The molecule has 3 aliphatic heterocycles. The molecule has 2 unspecified atom stereocenters. The summed E-state index contributed by atoms with van der Waals surface area (Å²) in [5, 5.41) is 12.1. The van der Waals surface area contributed by atoms with Gasteiger partial charge in [0.05, 0.1) is 6.61 Å². The predicted octanol–water partition coefficient (Wildman–Crippen LogP) is 0.378. The van der Waals surface area contributed by atoms with Crippen LogP contribution in [0.4, 0.5) is 0 Å². The quantitative estimate of drug-likeness (QED) is 0.606. The van der Waals surface area contributed by atoms with Crippen LogP contribution in [0.1, 0.15) is 24.5 Å². The summed E-state index contributed by atoms with van der Waals surface area (Å²) < 4.78 is 7.78. The van der Waals surface area contributed by atoms with Gasteiger partial charge in [-0.1, -0.05) is 0 Å². The van der Waals surface area contributed by atoms with Gasteiger partial charge in [-0.3, -0.25) is 9.89 Å². The van der Waals surface area contributed by atoms with E-state index in [0.29, 0.717) is 5.92 Å². The number of nitrogens with one attached hydrogen (secondary N) is 1. The zero-order valence-electron chi connectivity index (χ0n) is 16.7. The lowest BCUT2D eigenvalue weighted by atomic mass is 9.99. The standard InChI is InChI=1S/C19H33N7O/c1-15-22-23-18-4-3-16(13-26(15)18)11-21-19(20-2)25-8-6-24(7-9-25)12-17-5-10-27-14-17/h16-17H,3-14H2,1-2H3,(H,20,21). The molecule has 0 saturated carbocycles. The number of hydrogen-bond donors (Lipinski definition) is 1. The predicted molar refractivity (Wildman–Crippen MR) is 105 cm³/mol. The Morgan fingerprint density at radius 2 is 2.04 bits per heavy atom. The Morgan fingerprint density at radius 1 is 1.19 bits per heavy atom. The zero-order valence-corrected chi connectivity index (χ0v) is 16.7. The van der Waals surface area contributed by atoms with Gasteiger partial charge in [-0.25, -0.2) is 0 Å². The van der Waals surface area contributed by atoms with Crippen LogP contribution in [0, 0.1) is 18.8 Å². The number of piperazine rings is 1. The van der Waals surface area contributed by atoms with Gasteiger partial charge in [0.15, 0.2) is 5.96 Å². The third-order valence-electron chi connectivity index (χ3n) is 6.20. The van der Waals surface area contributed by atoms with Crippen LogP contribution < -0.4 is 5.32 Å². The minimum Gasteiger partial charge on any atom is -0.381 e. The summed E-state index contributed by atoms with van der Waals surface area (Å²) >= 11 is 0. The van der Waals surface area contributed by atoms with Crippen molar-refractivity contribution in [2.75, 3.05) is 59.5 Å². The monoisotopic (exact) mass is 375 g/mol. The van der Waals surface area contributed by atoms with Gasteiger partial charge >= 0.3 is 0 Å². The number of fused-ring (bicyclic) bond motifs is 1. The fraction of sp³-hybridized carbons (Fsp3) is 0.842. The van der Waals surface area contributed by atoms with E-state index in [1.54, 1.807) is 0 Å². The Balaban J connectivity index is 1.22. The third-order valence-corrected chi connectivity index (χ3v) is 6.20. The van der Waals surface area contributed by atoms with Gasteiger partial charge in [0.2, 0.25) is 0 Å². The Kier molecular flexibility index (Phi) is 5.92. The molecule has 0 spiro atoms. The summed E-state index contributed by atoms with van der Waals surface area (Å²) in [6.07, 6.45) is 3.41. The Labute approximate surface area is 162 Å². The first-order chi connectivity index (χ1) is 13.2. The van der Waals surface area contributed by atoms with E-state index in [0.717, 1.165) is 82.4 Å². The van der Waals surface area contributed by atoms with Crippen LogP contribution in [-0.2, 0) is 17.7 Å². The second-order valence-electron chi connectivity index (χ2n) is 8.12. The molecular formula is C19H33N7O. The molecule has 1 aromatic heterocycles. The van der Waals surface area contributed by atoms with Crippen LogP contribution in [0.25, 0.3) is 0 Å². The van der Waals surface area contributed by atoms with E-state index in [9.17, 15) is 0 Å². The number of ether oxygens (including phenoxy) is 1. The maximum absolute atomic E-state index is 5.51. The second-order valence-corrected chi connectivity index (χ2v) is 8.12. The van der Waals surface area contributed by atoms with Gasteiger partial charge in [0.1, 0.15) is 11.6 Å². The van der Waals surface area contributed by atoms with Gasteiger partial charge in [-0.2, -0.15) is 0 Å². The number of aliphatic imine (C=N–C) groups is 1. The molecule has 150 valence electrons. The molecule has 3 aliphatic rings. The van der Waals surface area contributed by atoms with Crippen molar-refractivity contribution in [2.24, 2.45) is 16.8 Å². The molecule has 4 heterocycles. The molecule has 8 heteroatoms. The lowest BCUT2D eigenvalue weighted by Gasteiger charge is -2.37. The Hall–Kier alpha value is -1.67. The molecule has 1 aromatic rings. The summed E-state index contributed by atoms with van der Waals surface area (Å²) in [7, 11) is 1.90. The largest absolute Gasteiger partial charge is 0.381 e. The molecule has 1 N–H and O–H groups in total. The fourth-order valence-corrected chi connectivity index (χ4v) is 4.50. The fourth-order valence-electron chi connectivity index (χ4n) is 4.50. The van der Waals surface area contributed by atoms with E-state index in [2.05, 4.69) is 34.9 Å². The number of guanidine groups is 1. The molecule has 2 saturated heterocycles. The molecule has 0 aromatic carbocycles. The lowest BCUT2D eigenvalue weighted by molar-refractivity contribution is 0.139. The minimum atomic E-state index is 0.604. The maximum Gasteiger partial charge on any atom is 0.193 e. The Bertz CT molecular complexity index is 644. The van der Waals surface area contributed by atoms with E-state index < -0.39 is 0 Å². The molecule has 2 fully saturated rings. The highest BCUT2D eigenvalue weighted by molar-refractivity contribution is 5.80. The summed E-state index contributed by atoms with van der Waals surface area (Å²) in [5.74, 6) is 4.55. The number of nitrogens with zero attached hydrogens (tertiary/aromatic N) is 6. The average molecular weight is 376 g/mol. The maximum atomic E-state index is 5.51. The first-order valence-electron chi connectivity index (χ1n) is 10.4. The van der Waals surface area contributed by atoms with E-state index in [1.807, 2.05) is 14.0 Å². The van der Waals surface area contributed by atoms with Gasteiger partial charge in [-0.15, -0.1) is 10.2 Å². The molecule has 0 bridgehead atoms. The zero-order chi connectivity index (χ0) is 18.6. The molecule has 0 aliphatic carbocycles. The van der Waals surface area contributed by atoms with Crippen molar-refractivity contribution < 1.29 is 4.74 Å². The number of rotatable bonds is 4. The van der Waals surface area contributed by atoms with Crippen molar-refractivity contribution in [1.82, 2.24) is 29.9 Å². The van der Waals surface area contributed by atoms with Crippen molar-refractivity contribution in [3.8, 4) is 0 Å². The van der Waals surface area contributed by atoms with E-state index in [-0.39, 0.29) is 0 Å². The smallest absolute Gasteiger partial charge is 0.193 e. The van der Waals surface area contributed by atoms with Gasteiger partial charge in [-0.05, 0) is 31.6 Å². The summed E-state index contributed by atoms with van der Waals surface area (Å²) in [6, 6.07) is 0. The van der Waals surface area contributed by atoms with Crippen LogP contribution in [0.15, 0.2) is 4.99 Å². The van der Waals surface area contributed by atoms with Gasteiger partial charge < -0.3 is 19.5 Å². The van der Waals surface area contributed by atoms with Gasteiger partial charge in [0.25, 0.3) is 0 Å². The van der Waals surface area contributed by atoms with Crippen molar-refractivity contribution in [2.45, 2.75) is 32.7 Å². The number of hydrogen-bond acceptors (Lipinski definition) is 5. The van der Waals surface area contributed by atoms with Crippen LogP contribution in [-0.4, -0.2) is 90.1 Å². The molecule has 8 nitrogen and oxygen atoms in total. The van der Waals surface area contributed by atoms with Crippen molar-refractivity contribution in [1.29, 1.82) is 0 Å². The molecular weight excluding hydrogens is 342 g/mol. The van der Waals surface area contributed by atoms with Crippen LogP contribution >= 0.6 is 0 Å². The SMILES string of the molecule is CN=C(NCC1CCc2nnc(C)n2C1)N1CCN(CC2CCOC2)CC1. The molecule has 4 rings (SSSR count). The normalized spacial score (nSPS) is 27.0. The summed E-state index contributed by atoms with van der Waals surface area (Å²) in [5.41, 5.74) is 0. The van der Waals surface area contributed by atoms with Crippen molar-refractivity contribution >= 4 is 5.96 Å². The number of aromatic nitrogens is 3. The first kappa shape index (κ1) is 18.7. The summed E-state index contributed by atoms with van der Waals surface area (Å²) in [4.78, 5) is 9.52. The highest BCUT2D eigenvalue weighted by atomic mass is 16.5. The Morgan fingerprint density at radius 3 is 2.78 bits per heavy atom. The van der Waals surface area contributed by atoms with Crippen LogP contribution in [0.2, 0.25) is 0 Å². The van der Waals surface area contributed by atoms with E-state index in [4.69, 9.17) is 4.74 Å². The van der Waals surface area contributed by atoms with Gasteiger partial charge in [0, 0.05) is 65.9 Å². The van der Waals surface area contributed by atoms with E-state index >= 15 is 0 Å². The highest BCUT2D eigenvalue weighted by Gasteiger charge is 2.25. The minimum absolute atomic E-state index is 0.604. The van der Waals surface area contributed by atoms with Crippen molar-refractivity contribution in [3.05, 3.63) is 11.6 Å². The van der Waals surface area contributed by atoms with E-state index in [1.165, 1.54) is 19.4 Å². The molecule has 0 radical (unpaired) electrons. The molecule has 0 amide bonds. The summed E-state index contributed by atoms with van der Waals surface area (Å²) in [6.45, 7) is 11.4. The third kappa shape index (κ3) is 4.43. The molecule has 2 atom stereocenters. The number of aryl methyl sites for hydroxylation is 2. The van der Waals surface area contributed by atoms with Crippen molar-refractivity contribution in [3.63, 3.8) is 0 Å². The average Bonchev–Trinajstić information content (AvgIpc) is 3.33.